The Hall–Kier alpha value is -2.24. The fourth-order valence-corrected chi connectivity index (χ4v) is 2.50. The molecule has 132 valence electrons. The van der Waals surface area contributed by atoms with E-state index in [0.717, 1.165) is 5.56 Å². The lowest BCUT2D eigenvalue weighted by Crippen LogP contribution is -2.21. The normalized spacial score (nSPS) is 10.2. The van der Waals surface area contributed by atoms with Gasteiger partial charge in [0.2, 0.25) is 0 Å². The van der Waals surface area contributed by atoms with E-state index in [1.807, 2.05) is 24.3 Å². The Labute approximate surface area is 155 Å². The summed E-state index contributed by atoms with van der Waals surface area (Å²) in [6, 6.07) is 12.3. The van der Waals surface area contributed by atoms with E-state index < -0.39 is 18.5 Å². The molecular weight excluding hydrogens is 365 g/mol. The number of esters is 1. The number of para-hydroxylation sites is 1. The highest BCUT2D eigenvalue weighted by molar-refractivity contribution is 6.44. The minimum Gasteiger partial charge on any atom is -0.496 e. The van der Waals surface area contributed by atoms with Crippen molar-refractivity contribution in [2.75, 3.05) is 19.0 Å². The molecule has 2 rings (SSSR count). The SMILES string of the molecule is COc1ccccc1CCC(=O)OCC(=O)Nc1cccc(Cl)c1Cl. The van der Waals surface area contributed by atoms with E-state index in [4.69, 9.17) is 32.7 Å². The van der Waals surface area contributed by atoms with Crippen molar-refractivity contribution in [2.24, 2.45) is 0 Å². The van der Waals surface area contributed by atoms with E-state index in [2.05, 4.69) is 5.32 Å². The number of nitrogens with one attached hydrogen (secondary N) is 1. The molecule has 0 fully saturated rings. The molecule has 0 unspecified atom stereocenters. The zero-order valence-electron chi connectivity index (χ0n) is 13.6. The van der Waals surface area contributed by atoms with Crippen LogP contribution < -0.4 is 10.1 Å². The van der Waals surface area contributed by atoms with Crippen molar-refractivity contribution in [3.63, 3.8) is 0 Å². The number of anilines is 1. The molecule has 0 aromatic heterocycles. The van der Waals surface area contributed by atoms with Crippen LogP contribution in [0.4, 0.5) is 5.69 Å². The van der Waals surface area contributed by atoms with E-state index in [9.17, 15) is 9.59 Å². The summed E-state index contributed by atoms with van der Waals surface area (Å²) in [5, 5.41) is 3.11. The Morgan fingerprint density at radius 2 is 1.84 bits per heavy atom. The zero-order chi connectivity index (χ0) is 18.2. The number of carbonyl (C=O) groups is 2. The first-order chi connectivity index (χ1) is 12.0. The molecule has 25 heavy (non-hydrogen) atoms. The van der Waals surface area contributed by atoms with Gasteiger partial charge in [-0.05, 0) is 30.2 Å². The highest BCUT2D eigenvalue weighted by Crippen LogP contribution is 2.29. The van der Waals surface area contributed by atoms with Crippen LogP contribution in [0.1, 0.15) is 12.0 Å². The van der Waals surface area contributed by atoms with Crippen LogP contribution in [-0.2, 0) is 20.7 Å². The molecule has 0 bridgehead atoms. The molecule has 0 heterocycles. The number of hydrogen-bond donors (Lipinski definition) is 1. The smallest absolute Gasteiger partial charge is 0.306 e. The minimum atomic E-state index is -0.491. The largest absolute Gasteiger partial charge is 0.496 e. The first-order valence-electron chi connectivity index (χ1n) is 7.52. The van der Waals surface area contributed by atoms with Crippen LogP contribution in [0.3, 0.4) is 0 Å². The number of benzene rings is 2. The van der Waals surface area contributed by atoms with Crippen molar-refractivity contribution < 1.29 is 19.1 Å². The fraction of sp³-hybridized carbons (Fsp3) is 0.222. The number of methoxy groups -OCH3 is 1. The molecule has 0 aliphatic rings. The van der Waals surface area contributed by atoms with Crippen LogP contribution in [0.25, 0.3) is 0 Å². The third kappa shape index (κ3) is 5.66. The lowest BCUT2D eigenvalue weighted by molar-refractivity contribution is -0.147. The van der Waals surface area contributed by atoms with Crippen molar-refractivity contribution in [1.82, 2.24) is 0 Å². The van der Waals surface area contributed by atoms with Gasteiger partial charge in [0.25, 0.3) is 5.91 Å². The molecule has 1 amide bonds. The number of rotatable bonds is 7. The number of ether oxygens (including phenoxy) is 2. The van der Waals surface area contributed by atoms with Crippen LogP contribution >= 0.6 is 23.2 Å². The van der Waals surface area contributed by atoms with Crippen LogP contribution in [0.15, 0.2) is 42.5 Å². The molecule has 0 aliphatic carbocycles. The van der Waals surface area contributed by atoms with Crippen molar-refractivity contribution in [1.29, 1.82) is 0 Å². The maximum Gasteiger partial charge on any atom is 0.306 e. The van der Waals surface area contributed by atoms with Gasteiger partial charge in [-0.3, -0.25) is 9.59 Å². The maximum absolute atomic E-state index is 11.8. The predicted molar refractivity (Wildman–Crippen MR) is 97.4 cm³/mol. The minimum absolute atomic E-state index is 0.144. The third-order valence-electron chi connectivity index (χ3n) is 3.38. The Morgan fingerprint density at radius 1 is 1.08 bits per heavy atom. The highest BCUT2D eigenvalue weighted by atomic mass is 35.5. The summed E-state index contributed by atoms with van der Waals surface area (Å²) in [5.74, 6) is -0.253. The molecule has 0 aliphatic heterocycles. The van der Waals surface area contributed by atoms with Gasteiger partial charge in [0, 0.05) is 6.42 Å². The quantitative estimate of drug-likeness (QED) is 0.732. The van der Waals surface area contributed by atoms with Gasteiger partial charge in [0.1, 0.15) is 5.75 Å². The van der Waals surface area contributed by atoms with E-state index in [1.54, 1.807) is 25.3 Å². The van der Waals surface area contributed by atoms with E-state index in [-0.39, 0.29) is 11.4 Å². The maximum atomic E-state index is 11.8. The van der Waals surface area contributed by atoms with Crippen molar-refractivity contribution >= 4 is 40.8 Å². The second-order valence-electron chi connectivity index (χ2n) is 5.12. The first kappa shape index (κ1) is 19.1. The Bertz CT molecular complexity index is 764. The van der Waals surface area contributed by atoms with Gasteiger partial charge >= 0.3 is 5.97 Å². The van der Waals surface area contributed by atoms with Crippen LogP contribution in [0, 0.1) is 0 Å². The number of halogens is 2. The van der Waals surface area contributed by atoms with Gasteiger partial charge in [-0.25, -0.2) is 0 Å². The summed E-state index contributed by atoms with van der Waals surface area (Å²) >= 11 is 11.8. The van der Waals surface area contributed by atoms with Gasteiger partial charge in [0.05, 0.1) is 22.8 Å². The predicted octanol–water partition coefficient (Wildman–Crippen LogP) is 4.12. The molecule has 0 atom stereocenters. The molecule has 1 N–H and O–H groups in total. The standard InChI is InChI=1S/C18H17Cl2NO4/c1-24-15-8-3-2-5-12(15)9-10-17(23)25-11-16(22)21-14-7-4-6-13(19)18(14)20/h2-8H,9-11H2,1H3,(H,21,22). The van der Waals surface area contributed by atoms with Gasteiger partial charge in [-0.1, -0.05) is 47.5 Å². The number of hydrogen-bond acceptors (Lipinski definition) is 4. The average molecular weight is 382 g/mol. The van der Waals surface area contributed by atoms with Crippen molar-refractivity contribution in [3.05, 3.63) is 58.1 Å². The molecule has 2 aromatic rings. The molecule has 7 heteroatoms. The van der Waals surface area contributed by atoms with Crippen molar-refractivity contribution in [2.45, 2.75) is 12.8 Å². The first-order valence-corrected chi connectivity index (χ1v) is 8.28. The number of carbonyl (C=O) groups excluding carboxylic acids is 2. The van der Waals surface area contributed by atoms with E-state index in [1.165, 1.54) is 0 Å². The lowest BCUT2D eigenvalue weighted by atomic mass is 10.1. The Balaban J connectivity index is 1.79. The van der Waals surface area contributed by atoms with E-state index >= 15 is 0 Å². The second kappa shape index (κ2) is 9.30. The summed E-state index contributed by atoms with van der Waals surface area (Å²) in [5.41, 5.74) is 1.27. The molecule has 0 saturated heterocycles. The van der Waals surface area contributed by atoms with Gasteiger partial charge in [0.15, 0.2) is 6.61 Å². The van der Waals surface area contributed by atoms with Gasteiger partial charge in [-0.2, -0.15) is 0 Å². The topological polar surface area (TPSA) is 64.6 Å². The lowest BCUT2D eigenvalue weighted by Gasteiger charge is -2.09. The third-order valence-corrected chi connectivity index (χ3v) is 4.20. The zero-order valence-corrected chi connectivity index (χ0v) is 15.1. The van der Waals surface area contributed by atoms with Crippen LogP contribution in [-0.4, -0.2) is 25.6 Å². The summed E-state index contributed by atoms with van der Waals surface area (Å²) in [7, 11) is 1.57. The average Bonchev–Trinajstić information content (AvgIpc) is 2.62. The van der Waals surface area contributed by atoms with Crippen LogP contribution in [0.5, 0.6) is 5.75 Å². The monoisotopic (exact) mass is 381 g/mol. The number of amides is 1. The van der Waals surface area contributed by atoms with E-state index in [0.29, 0.717) is 22.9 Å². The Kier molecular flexibility index (Phi) is 7.10. The molecule has 0 saturated carbocycles. The molecule has 0 radical (unpaired) electrons. The van der Waals surface area contributed by atoms with Crippen molar-refractivity contribution in [3.8, 4) is 5.75 Å². The number of aryl methyl sites for hydroxylation is 1. The molecule has 5 nitrogen and oxygen atoms in total. The van der Waals surface area contributed by atoms with Gasteiger partial charge < -0.3 is 14.8 Å². The van der Waals surface area contributed by atoms with Crippen LogP contribution in [0.2, 0.25) is 10.0 Å². The Morgan fingerprint density at radius 3 is 2.60 bits per heavy atom. The molecule has 0 spiro atoms. The van der Waals surface area contributed by atoms with Gasteiger partial charge in [-0.15, -0.1) is 0 Å². The summed E-state index contributed by atoms with van der Waals surface area (Å²) in [6.45, 7) is -0.395. The summed E-state index contributed by atoms with van der Waals surface area (Å²) in [6.07, 6.45) is 0.607. The summed E-state index contributed by atoms with van der Waals surface area (Å²) in [4.78, 5) is 23.6. The molecule has 2 aromatic carbocycles. The highest BCUT2D eigenvalue weighted by Gasteiger charge is 2.12. The summed E-state index contributed by atoms with van der Waals surface area (Å²) < 4.78 is 10.2. The fourth-order valence-electron chi connectivity index (χ4n) is 2.15. The molecular formula is C18H17Cl2NO4. The second-order valence-corrected chi connectivity index (χ2v) is 5.91.